The molecule has 220 valence electrons. The predicted octanol–water partition coefficient (Wildman–Crippen LogP) is 6.70. The van der Waals surface area contributed by atoms with E-state index in [0.717, 1.165) is 41.0 Å². The number of aliphatic carboxylic acids is 1. The first kappa shape index (κ1) is 30.4. The molecular formula is C33H38N4O5. The molecule has 0 aliphatic heterocycles. The number of carbonyl (C=O) groups excluding carboxylic acids is 1. The summed E-state index contributed by atoms with van der Waals surface area (Å²) in [5.74, 6) is 0.306. The van der Waals surface area contributed by atoms with Gasteiger partial charge in [0.1, 0.15) is 17.6 Å². The van der Waals surface area contributed by atoms with Crippen molar-refractivity contribution in [1.82, 2.24) is 20.4 Å². The van der Waals surface area contributed by atoms with Crippen LogP contribution < -0.4 is 10.1 Å². The normalized spacial score (nSPS) is 11.8. The number of carbonyl (C=O) groups is 2. The van der Waals surface area contributed by atoms with Gasteiger partial charge >= 0.3 is 5.97 Å². The number of rotatable bonds is 15. The van der Waals surface area contributed by atoms with Crippen LogP contribution in [0.25, 0.3) is 22.5 Å². The lowest BCUT2D eigenvalue weighted by atomic mass is 10.0. The summed E-state index contributed by atoms with van der Waals surface area (Å²) in [6.07, 6.45) is 9.71. The summed E-state index contributed by atoms with van der Waals surface area (Å²) in [5, 5.41) is 16.0. The van der Waals surface area contributed by atoms with Crippen molar-refractivity contribution in [1.29, 1.82) is 0 Å². The predicted molar refractivity (Wildman–Crippen MR) is 160 cm³/mol. The molecule has 0 spiro atoms. The minimum Gasteiger partial charge on any atom is -0.494 e. The van der Waals surface area contributed by atoms with Gasteiger partial charge in [0.2, 0.25) is 0 Å². The van der Waals surface area contributed by atoms with Gasteiger partial charge in [0, 0.05) is 41.9 Å². The van der Waals surface area contributed by atoms with E-state index >= 15 is 0 Å². The van der Waals surface area contributed by atoms with Crippen LogP contribution in [0.2, 0.25) is 0 Å². The van der Waals surface area contributed by atoms with Gasteiger partial charge < -0.3 is 19.7 Å². The van der Waals surface area contributed by atoms with Gasteiger partial charge in [0.05, 0.1) is 6.61 Å². The monoisotopic (exact) mass is 570 g/mol. The lowest BCUT2D eigenvalue weighted by Gasteiger charge is -2.14. The third-order valence-electron chi connectivity index (χ3n) is 6.94. The van der Waals surface area contributed by atoms with E-state index in [0.29, 0.717) is 11.6 Å². The first-order valence-electron chi connectivity index (χ1n) is 14.5. The summed E-state index contributed by atoms with van der Waals surface area (Å²) in [5.41, 5.74) is 3.49. The maximum Gasteiger partial charge on any atom is 0.326 e. The first-order chi connectivity index (χ1) is 20.3. The van der Waals surface area contributed by atoms with Crippen molar-refractivity contribution >= 4 is 11.9 Å². The number of aromatic nitrogens is 3. The molecule has 0 unspecified atom stereocenters. The Hall–Kier alpha value is -4.53. The minimum absolute atomic E-state index is 0.0540. The van der Waals surface area contributed by atoms with Crippen LogP contribution in [0, 0.1) is 0 Å². The Balaban J connectivity index is 1.32. The molecule has 9 heteroatoms. The molecule has 0 radical (unpaired) electrons. The zero-order valence-corrected chi connectivity index (χ0v) is 24.4. The van der Waals surface area contributed by atoms with E-state index in [-0.39, 0.29) is 18.0 Å². The summed E-state index contributed by atoms with van der Waals surface area (Å²) in [4.78, 5) is 33.4. The van der Waals surface area contributed by atoms with E-state index in [1.807, 2.05) is 62.4 Å². The summed E-state index contributed by atoms with van der Waals surface area (Å²) in [7, 11) is 0. The molecule has 2 aromatic heterocycles. The first-order valence-corrected chi connectivity index (χ1v) is 14.5. The van der Waals surface area contributed by atoms with Gasteiger partial charge in [-0.1, -0.05) is 88.0 Å². The van der Waals surface area contributed by atoms with Crippen molar-refractivity contribution in [2.24, 2.45) is 0 Å². The van der Waals surface area contributed by atoms with Gasteiger partial charge in [-0.3, -0.25) is 4.79 Å². The Morgan fingerprint density at radius 2 is 1.57 bits per heavy atom. The van der Waals surface area contributed by atoms with Crippen LogP contribution in [0.1, 0.15) is 80.6 Å². The second kappa shape index (κ2) is 14.9. The third kappa shape index (κ3) is 8.49. The molecule has 0 saturated carbocycles. The molecule has 2 N–H and O–H groups in total. The molecule has 0 aliphatic carbocycles. The van der Waals surface area contributed by atoms with Crippen molar-refractivity contribution in [3.8, 4) is 28.3 Å². The molecule has 2 heterocycles. The van der Waals surface area contributed by atoms with Crippen molar-refractivity contribution in [3.63, 3.8) is 0 Å². The molecule has 9 nitrogen and oxygen atoms in total. The van der Waals surface area contributed by atoms with E-state index in [9.17, 15) is 14.7 Å². The molecule has 0 bridgehead atoms. The maximum atomic E-state index is 12.5. The molecule has 2 aromatic carbocycles. The van der Waals surface area contributed by atoms with Gasteiger partial charge in [-0.2, -0.15) is 0 Å². The highest BCUT2D eigenvalue weighted by Gasteiger charge is 2.23. The van der Waals surface area contributed by atoms with Gasteiger partial charge in [-0.15, -0.1) is 0 Å². The molecular weight excluding hydrogens is 532 g/mol. The number of benzene rings is 2. The van der Waals surface area contributed by atoms with Gasteiger partial charge in [-0.25, -0.2) is 14.8 Å². The lowest BCUT2D eigenvalue weighted by molar-refractivity contribution is -0.139. The molecule has 42 heavy (non-hydrogen) atoms. The molecule has 1 atom stereocenters. The Bertz CT molecular complexity index is 1430. The van der Waals surface area contributed by atoms with Crippen molar-refractivity contribution in [3.05, 3.63) is 84.0 Å². The zero-order valence-electron chi connectivity index (χ0n) is 24.4. The van der Waals surface area contributed by atoms with Crippen LogP contribution in [0.4, 0.5) is 0 Å². The Labute approximate surface area is 246 Å². The number of hydrogen-bond acceptors (Lipinski definition) is 7. The van der Waals surface area contributed by atoms with Crippen molar-refractivity contribution in [2.45, 2.75) is 71.3 Å². The zero-order chi connectivity index (χ0) is 29.9. The summed E-state index contributed by atoms with van der Waals surface area (Å²) < 4.78 is 11.0. The van der Waals surface area contributed by atoms with Crippen LogP contribution in [-0.2, 0) is 11.2 Å². The van der Waals surface area contributed by atoms with Crippen LogP contribution in [0.15, 0.2) is 71.5 Å². The number of carboxylic acids is 1. The number of amides is 1. The molecule has 4 aromatic rings. The van der Waals surface area contributed by atoms with E-state index in [1.165, 1.54) is 31.7 Å². The number of hydrogen-bond donors (Lipinski definition) is 2. The second-order valence-corrected chi connectivity index (χ2v) is 10.6. The number of nitrogens with one attached hydrogen (secondary N) is 1. The van der Waals surface area contributed by atoms with E-state index in [1.54, 1.807) is 12.4 Å². The van der Waals surface area contributed by atoms with E-state index in [4.69, 9.17) is 9.26 Å². The fraction of sp³-hybridized carbons (Fsp3) is 0.364. The highest BCUT2D eigenvalue weighted by molar-refractivity contribution is 5.95. The highest BCUT2D eigenvalue weighted by Crippen LogP contribution is 2.24. The van der Waals surface area contributed by atoms with Gasteiger partial charge in [0.25, 0.3) is 5.91 Å². The van der Waals surface area contributed by atoms with Crippen molar-refractivity contribution < 1.29 is 24.0 Å². The fourth-order valence-electron chi connectivity index (χ4n) is 4.39. The summed E-state index contributed by atoms with van der Waals surface area (Å²) in [6, 6.07) is 15.6. The molecule has 0 saturated heterocycles. The van der Waals surface area contributed by atoms with E-state index in [2.05, 4.69) is 27.4 Å². The van der Waals surface area contributed by atoms with Gasteiger partial charge in [0.15, 0.2) is 11.5 Å². The summed E-state index contributed by atoms with van der Waals surface area (Å²) in [6.45, 7) is 6.77. The number of carboxylic acid groups (broad SMARTS) is 1. The van der Waals surface area contributed by atoms with Gasteiger partial charge in [-0.05, 0) is 29.7 Å². The smallest absolute Gasteiger partial charge is 0.326 e. The Kier molecular flexibility index (Phi) is 10.8. The number of nitrogens with zero attached hydrogens (tertiary/aromatic N) is 3. The molecule has 1 amide bonds. The second-order valence-electron chi connectivity index (χ2n) is 10.6. The average molecular weight is 571 g/mol. The number of unbranched alkanes of at least 4 members (excludes halogenated alkanes) is 4. The van der Waals surface area contributed by atoms with Crippen LogP contribution in [0.5, 0.6) is 5.75 Å². The quantitative estimate of drug-likeness (QED) is 0.151. The van der Waals surface area contributed by atoms with Crippen LogP contribution in [-0.4, -0.2) is 44.8 Å². The minimum atomic E-state index is -1.14. The fourth-order valence-corrected chi connectivity index (χ4v) is 4.39. The SMILES string of the molecule is CCCCCCCOc1ccc(-c2cnc(-c3ccc(C[C@H](NC(=O)c4cc(C(C)C)on4)C(=O)O)cc3)nc2)cc1. The maximum absolute atomic E-state index is 12.5. The average Bonchev–Trinajstić information content (AvgIpc) is 3.51. The van der Waals surface area contributed by atoms with Crippen LogP contribution in [0.3, 0.4) is 0 Å². The van der Waals surface area contributed by atoms with E-state index < -0.39 is 17.9 Å². The third-order valence-corrected chi connectivity index (χ3v) is 6.94. The highest BCUT2D eigenvalue weighted by atomic mass is 16.5. The number of ether oxygens (including phenoxy) is 1. The topological polar surface area (TPSA) is 127 Å². The standard InChI is InChI=1S/C33H38N4O5/c1-4-5-6-7-8-17-41-27-15-13-24(14-16-27)26-20-34-31(35-21-26)25-11-9-23(10-12-25)18-29(33(39)40)36-32(38)28-19-30(22(2)3)42-37-28/h9-16,19-22,29H,4-8,17-18H2,1-3H3,(H,36,38)(H,39,40)/t29-/m0/s1. The van der Waals surface area contributed by atoms with Crippen LogP contribution >= 0.6 is 0 Å². The lowest BCUT2D eigenvalue weighted by Crippen LogP contribution is -2.42. The summed E-state index contributed by atoms with van der Waals surface area (Å²) >= 11 is 0. The largest absolute Gasteiger partial charge is 0.494 e. The Morgan fingerprint density at radius 3 is 2.19 bits per heavy atom. The molecule has 0 fully saturated rings. The Morgan fingerprint density at radius 1 is 0.905 bits per heavy atom. The molecule has 0 aliphatic rings. The molecule has 4 rings (SSSR count). The van der Waals surface area contributed by atoms with Crippen molar-refractivity contribution in [2.75, 3.05) is 6.61 Å².